The Morgan fingerprint density at radius 2 is 1.69 bits per heavy atom. The highest BCUT2D eigenvalue weighted by Crippen LogP contribution is 2.23. The lowest BCUT2D eigenvalue weighted by Gasteiger charge is -2.22. The molecule has 1 amide bonds. The second-order valence-electron chi connectivity index (χ2n) is 7.62. The van der Waals surface area contributed by atoms with E-state index in [4.69, 9.17) is 0 Å². The minimum Gasteiger partial charge on any atom is -0.326 e. The summed E-state index contributed by atoms with van der Waals surface area (Å²) in [5, 5.41) is 2.89. The molecule has 0 unspecified atom stereocenters. The first-order valence-corrected chi connectivity index (χ1v) is 13.3. The molecule has 0 aliphatic heterocycles. The highest BCUT2D eigenvalue weighted by Gasteiger charge is 2.17. The molecule has 0 aliphatic carbocycles. The number of carbonyl (C=O) groups excluding carboxylic acids is 1. The van der Waals surface area contributed by atoms with Crippen molar-refractivity contribution in [2.75, 3.05) is 22.4 Å². The van der Waals surface area contributed by atoms with Crippen LogP contribution in [0.15, 0.2) is 83.8 Å². The number of rotatable bonds is 10. The van der Waals surface area contributed by atoms with E-state index in [2.05, 4.69) is 17.4 Å². The van der Waals surface area contributed by atoms with Gasteiger partial charge in [-0.15, -0.1) is 11.8 Å². The van der Waals surface area contributed by atoms with Crippen LogP contribution in [-0.2, 0) is 20.6 Å². The highest BCUT2D eigenvalue weighted by atomic mass is 32.2. The van der Waals surface area contributed by atoms with E-state index in [1.807, 2.05) is 67.6 Å². The summed E-state index contributed by atoms with van der Waals surface area (Å²) in [4.78, 5) is 13.6. The molecule has 0 radical (unpaired) electrons. The van der Waals surface area contributed by atoms with E-state index < -0.39 is 10.0 Å². The lowest BCUT2D eigenvalue weighted by atomic mass is 10.2. The fourth-order valence-electron chi connectivity index (χ4n) is 3.24. The van der Waals surface area contributed by atoms with Gasteiger partial charge in [-0.3, -0.25) is 9.10 Å². The molecular formula is C25H28N2O3S2. The van der Waals surface area contributed by atoms with Gasteiger partial charge in [-0.25, -0.2) is 8.42 Å². The predicted octanol–water partition coefficient (Wildman–Crippen LogP) is 5.47. The number of aryl methyl sites for hydroxylation is 1. The van der Waals surface area contributed by atoms with E-state index in [1.165, 1.54) is 21.0 Å². The Kier molecular flexibility index (Phi) is 8.36. The fraction of sp³-hybridized carbons (Fsp3) is 0.240. The Morgan fingerprint density at radius 3 is 2.34 bits per heavy atom. The van der Waals surface area contributed by atoms with Gasteiger partial charge in [-0.2, -0.15) is 0 Å². The van der Waals surface area contributed by atoms with Crippen molar-refractivity contribution < 1.29 is 13.2 Å². The van der Waals surface area contributed by atoms with Crippen LogP contribution in [0, 0.1) is 6.92 Å². The summed E-state index contributed by atoms with van der Waals surface area (Å²) < 4.78 is 25.8. The SMILES string of the molecule is Cc1cccc(N(CCCC(=O)Nc2ccc(CSc3ccccc3)cc2)S(C)(=O)=O)c1. The summed E-state index contributed by atoms with van der Waals surface area (Å²) in [6.45, 7) is 2.17. The summed E-state index contributed by atoms with van der Waals surface area (Å²) in [5.74, 6) is 0.729. The van der Waals surface area contributed by atoms with Crippen LogP contribution in [0.5, 0.6) is 0 Å². The van der Waals surface area contributed by atoms with Crippen LogP contribution >= 0.6 is 11.8 Å². The number of thioether (sulfide) groups is 1. The number of anilines is 2. The van der Waals surface area contributed by atoms with E-state index >= 15 is 0 Å². The first-order chi connectivity index (χ1) is 15.3. The van der Waals surface area contributed by atoms with Crippen LogP contribution in [0.2, 0.25) is 0 Å². The normalized spacial score (nSPS) is 11.2. The zero-order valence-corrected chi connectivity index (χ0v) is 20.0. The van der Waals surface area contributed by atoms with Crippen LogP contribution in [0.3, 0.4) is 0 Å². The largest absolute Gasteiger partial charge is 0.326 e. The number of hydrogen-bond acceptors (Lipinski definition) is 4. The average Bonchev–Trinajstić information content (AvgIpc) is 2.76. The fourth-order valence-corrected chi connectivity index (χ4v) is 5.08. The van der Waals surface area contributed by atoms with Crippen LogP contribution in [0.4, 0.5) is 11.4 Å². The van der Waals surface area contributed by atoms with E-state index in [0.29, 0.717) is 12.1 Å². The van der Waals surface area contributed by atoms with Crippen molar-refractivity contribution in [1.29, 1.82) is 0 Å². The molecule has 0 aromatic heterocycles. The summed E-state index contributed by atoms with van der Waals surface area (Å²) >= 11 is 1.77. The third-order valence-electron chi connectivity index (χ3n) is 4.84. The van der Waals surface area contributed by atoms with Gasteiger partial charge in [0.2, 0.25) is 15.9 Å². The third-order valence-corrected chi connectivity index (χ3v) is 7.12. The molecule has 0 atom stereocenters. The minimum absolute atomic E-state index is 0.130. The van der Waals surface area contributed by atoms with Gasteiger partial charge in [0, 0.05) is 29.3 Å². The van der Waals surface area contributed by atoms with Crippen LogP contribution < -0.4 is 9.62 Å². The first kappa shape index (κ1) is 23.9. The van der Waals surface area contributed by atoms with Gasteiger partial charge in [0.15, 0.2) is 0 Å². The second-order valence-corrected chi connectivity index (χ2v) is 10.6. The lowest BCUT2D eigenvalue weighted by Crippen LogP contribution is -2.31. The first-order valence-electron chi connectivity index (χ1n) is 10.4. The summed E-state index contributed by atoms with van der Waals surface area (Å²) in [5.41, 5.74) is 3.53. The number of sulfonamides is 1. The van der Waals surface area contributed by atoms with Gasteiger partial charge in [0.05, 0.1) is 11.9 Å². The maximum Gasteiger partial charge on any atom is 0.232 e. The van der Waals surface area contributed by atoms with E-state index in [-0.39, 0.29) is 18.9 Å². The van der Waals surface area contributed by atoms with Crippen molar-refractivity contribution in [1.82, 2.24) is 0 Å². The van der Waals surface area contributed by atoms with Gasteiger partial charge in [-0.1, -0.05) is 42.5 Å². The molecule has 0 saturated heterocycles. The smallest absolute Gasteiger partial charge is 0.232 e. The van der Waals surface area contributed by atoms with Gasteiger partial charge in [-0.05, 0) is 60.9 Å². The molecule has 0 fully saturated rings. The summed E-state index contributed by atoms with van der Waals surface area (Å²) in [6, 6.07) is 25.4. The van der Waals surface area contributed by atoms with E-state index in [9.17, 15) is 13.2 Å². The molecule has 168 valence electrons. The molecule has 0 spiro atoms. The molecule has 32 heavy (non-hydrogen) atoms. The Morgan fingerprint density at radius 1 is 0.969 bits per heavy atom. The number of benzene rings is 3. The van der Waals surface area contributed by atoms with E-state index in [1.54, 1.807) is 17.8 Å². The maximum absolute atomic E-state index is 12.3. The molecular weight excluding hydrogens is 440 g/mol. The lowest BCUT2D eigenvalue weighted by molar-refractivity contribution is -0.116. The van der Waals surface area contributed by atoms with Crippen molar-refractivity contribution in [3.05, 3.63) is 90.0 Å². The zero-order chi connectivity index (χ0) is 23.0. The van der Waals surface area contributed by atoms with Crippen molar-refractivity contribution in [3.63, 3.8) is 0 Å². The van der Waals surface area contributed by atoms with Crippen LogP contribution in [0.1, 0.15) is 24.0 Å². The van der Waals surface area contributed by atoms with Gasteiger partial charge >= 0.3 is 0 Å². The standard InChI is InChI=1S/C25H28N2O3S2/c1-20-8-6-9-23(18-20)27(32(2,29)30)17-7-12-25(28)26-22-15-13-21(14-16-22)19-31-24-10-4-3-5-11-24/h3-6,8-11,13-16,18H,7,12,17,19H2,1-2H3,(H,26,28). The number of hydrogen-bond donors (Lipinski definition) is 1. The quantitative estimate of drug-likeness (QED) is 0.401. The Balaban J connectivity index is 1.48. The molecule has 1 N–H and O–H groups in total. The number of nitrogens with zero attached hydrogens (tertiary/aromatic N) is 1. The number of nitrogens with one attached hydrogen (secondary N) is 1. The minimum atomic E-state index is -3.42. The highest BCUT2D eigenvalue weighted by molar-refractivity contribution is 7.98. The average molecular weight is 469 g/mol. The molecule has 3 aromatic rings. The van der Waals surface area contributed by atoms with Crippen LogP contribution in [-0.4, -0.2) is 27.1 Å². The molecule has 0 bridgehead atoms. The molecule has 7 heteroatoms. The van der Waals surface area contributed by atoms with Crippen molar-refractivity contribution >= 4 is 39.1 Å². The number of amides is 1. The van der Waals surface area contributed by atoms with Crippen molar-refractivity contribution in [2.24, 2.45) is 0 Å². The van der Waals surface area contributed by atoms with Crippen molar-refractivity contribution in [3.8, 4) is 0 Å². The molecule has 3 rings (SSSR count). The Hall–Kier alpha value is -2.77. The van der Waals surface area contributed by atoms with Gasteiger partial charge < -0.3 is 5.32 Å². The Bertz CT molecular complexity index is 1130. The zero-order valence-electron chi connectivity index (χ0n) is 18.3. The van der Waals surface area contributed by atoms with E-state index in [0.717, 1.165) is 17.0 Å². The number of carbonyl (C=O) groups is 1. The predicted molar refractivity (Wildman–Crippen MR) is 134 cm³/mol. The van der Waals surface area contributed by atoms with Crippen LogP contribution in [0.25, 0.3) is 0 Å². The molecule has 0 saturated carbocycles. The second kappa shape index (κ2) is 11.2. The molecule has 0 aliphatic rings. The molecule has 0 heterocycles. The van der Waals surface area contributed by atoms with Gasteiger partial charge in [0.25, 0.3) is 0 Å². The van der Waals surface area contributed by atoms with Gasteiger partial charge in [0.1, 0.15) is 0 Å². The topological polar surface area (TPSA) is 66.5 Å². The summed E-state index contributed by atoms with van der Waals surface area (Å²) in [7, 11) is -3.42. The maximum atomic E-state index is 12.3. The van der Waals surface area contributed by atoms with Crippen molar-refractivity contribution in [2.45, 2.75) is 30.4 Å². The third kappa shape index (κ3) is 7.43. The Labute approximate surface area is 194 Å². The monoisotopic (exact) mass is 468 g/mol. The molecule has 3 aromatic carbocycles. The molecule has 5 nitrogen and oxygen atoms in total. The summed E-state index contributed by atoms with van der Waals surface area (Å²) in [6.07, 6.45) is 1.86.